The average molecular weight is 215 g/mol. The van der Waals surface area contributed by atoms with Crippen LogP contribution in [0.1, 0.15) is 31.8 Å². The first-order valence-electron chi connectivity index (χ1n) is 4.61. The summed E-state index contributed by atoms with van der Waals surface area (Å²) >= 11 is 1.54. The quantitative estimate of drug-likeness (QED) is 0.756. The fourth-order valence-corrected chi connectivity index (χ4v) is 1.63. The Morgan fingerprint density at radius 2 is 2.29 bits per heavy atom. The maximum Gasteiger partial charge on any atom is 0.103 e. The van der Waals surface area contributed by atoms with Crippen LogP contribution in [-0.4, -0.2) is 17.3 Å². The molecule has 1 rings (SSSR count). The lowest BCUT2D eigenvalue weighted by Gasteiger charge is -2.20. The number of nitrogens with one attached hydrogen (secondary N) is 1. The van der Waals surface area contributed by atoms with Crippen LogP contribution >= 0.6 is 11.3 Å². The zero-order chi connectivity index (χ0) is 10.6. The molecule has 3 nitrogen and oxygen atoms in total. The third kappa shape index (κ3) is 4.19. The summed E-state index contributed by atoms with van der Waals surface area (Å²) in [6.07, 6.45) is -0.489. The minimum absolute atomic E-state index is 0.227. The molecule has 1 aromatic rings. The zero-order valence-corrected chi connectivity index (χ0v) is 9.60. The normalized spacial score (nSPS) is 14.3. The molecule has 2 N–H and O–H groups in total. The lowest BCUT2D eigenvalue weighted by molar-refractivity contribution is -0.0832. The van der Waals surface area contributed by atoms with Gasteiger partial charge in [0.25, 0.3) is 0 Å². The third-order valence-corrected chi connectivity index (χ3v) is 2.50. The molecule has 0 aliphatic heterocycles. The van der Waals surface area contributed by atoms with Gasteiger partial charge in [-0.05, 0) is 32.2 Å². The number of hydroxylamine groups is 1. The molecule has 0 radical (unpaired) electrons. The molecule has 0 saturated heterocycles. The van der Waals surface area contributed by atoms with Gasteiger partial charge in [-0.1, -0.05) is 6.07 Å². The van der Waals surface area contributed by atoms with Gasteiger partial charge >= 0.3 is 0 Å². The van der Waals surface area contributed by atoms with E-state index in [1.807, 2.05) is 38.3 Å². The van der Waals surface area contributed by atoms with E-state index in [9.17, 15) is 5.11 Å². The molecule has 80 valence electrons. The highest BCUT2D eigenvalue weighted by molar-refractivity contribution is 7.10. The van der Waals surface area contributed by atoms with E-state index in [1.54, 1.807) is 11.3 Å². The van der Waals surface area contributed by atoms with Crippen LogP contribution in [0.4, 0.5) is 0 Å². The van der Waals surface area contributed by atoms with Gasteiger partial charge in [-0.25, -0.2) is 0 Å². The van der Waals surface area contributed by atoms with Crippen LogP contribution in [0.5, 0.6) is 0 Å². The molecule has 0 saturated carbocycles. The van der Waals surface area contributed by atoms with Gasteiger partial charge in [-0.3, -0.25) is 4.84 Å². The van der Waals surface area contributed by atoms with Crippen LogP contribution in [-0.2, 0) is 4.84 Å². The molecular formula is C10H17NO2S. The van der Waals surface area contributed by atoms with E-state index < -0.39 is 6.10 Å². The molecule has 1 aromatic heterocycles. The van der Waals surface area contributed by atoms with Crippen molar-refractivity contribution in [2.75, 3.05) is 6.54 Å². The lowest BCUT2D eigenvalue weighted by atomic mass is 10.2. The summed E-state index contributed by atoms with van der Waals surface area (Å²) in [5.41, 5.74) is 2.54. The minimum atomic E-state index is -0.489. The molecule has 0 spiro atoms. The Balaban J connectivity index is 2.26. The van der Waals surface area contributed by atoms with Crippen molar-refractivity contribution in [1.82, 2.24) is 5.48 Å². The largest absolute Gasteiger partial charge is 0.386 e. The van der Waals surface area contributed by atoms with Gasteiger partial charge < -0.3 is 5.11 Å². The van der Waals surface area contributed by atoms with Gasteiger partial charge in [0.1, 0.15) is 6.10 Å². The maximum absolute atomic E-state index is 9.67. The topological polar surface area (TPSA) is 41.5 Å². The molecule has 0 aromatic carbocycles. The molecule has 0 fully saturated rings. The molecule has 1 heterocycles. The second-order valence-electron chi connectivity index (χ2n) is 4.09. The predicted molar refractivity (Wildman–Crippen MR) is 58.1 cm³/mol. The molecule has 0 aliphatic rings. The first-order chi connectivity index (χ1) is 6.49. The van der Waals surface area contributed by atoms with E-state index in [0.717, 1.165) is 4.88 Å². The minimum Gasteiger partial charge on any atom is -0.386 e. The number of rotatable bonds is 4. The molecule has 1 atom stereocenters. The van der Waals surface area contributed by atoms with Crippen molar-refractivity contribution >= 4 is 11.3 Å². The molecule has 0 aliphatic carbocycles. The Kier molecular flexibility index (Phi) is 4.07. The summed E-state index contributed by atoms with van der Waals surface area (Å²) in [5.74, 6) is 0. The Hall–Kier alpha value is -0.420. The van der Waals surface area contributed by atoms with E-state index in [-0.39, 0.29) is 5.60 Å². The molecule has 14 heavy (non-hydrogen) atoms. The van der Waals surface area contributed by atoms with Crippen molar-refractivity contribution < 1.29 is 9.94 Å². The van der Waals surface area contributed by atoms with Crippen molar-refractivity contribution in [1.29, 1.82) is 0 Å². The molecule has 0 amide bonds. The standard InChI is InChI=1S/C10H17NO2S/c1-10(2,3)13-11-7-8(12)9-5-4-6-14-9/h4-6,8,11-12H,7H2,1-3H3. The average Bonchev–Trinajstić information content (AvgIpc) is 2.53. The molecule has 1 unspecified atom stereocenters. The van der Waals surface area contributed by atoms with Gasteiger partial charge in [0.05, 0.1) is 12.1 Å². The van der Waals surface area contributed by atoms with Gasteiger partial charge in [0, 0.05) is 4.88 Å². The lowest BCUT2D eigenvalue weighted by Crippen LogP contribution is -2.31. The van der Waals surface area contributed by atoms with E-state index in [1.165, 1.54) is 0 Å². The van der Waals surface area contributed by atoms with Crippen LogP contribution in [0, 0.1) is 0 Å². The second-order valence-corrected chi connectivity index (χ2v) is 5.07. The zero-order valence-electron chi connectivity index (χ0n) is 8.78. The first kappa shape index (κ1) is 11.7. The van der Waals surface area contributed by atoms with Crippen molar-refractivity contribution in [2.45, 2.75) is 32.5 Å². The predicted octanol–water partition coefficient (Wildman–Crippen LogP) is 2.10. The van der Waals surface area contributed by atoms with Crippen molar-refractivity contribution in [2.24, 2.45) is 0 Å². The van der Waals surface area contributed by atoms with Crippen LogP contribution in [0.25, 0.3) is 0 Å². The van der Waals surface area contributed by atoms with E-state index in [0.29, 0.717) is 6.54 Å². The van der Waals surface area contributed by atoms with Gasteiger partial charge in [-0.2, -0.15) is 5.48 Å². The highest BCUT2D eigenvalue weighted by atomic mass is 32.1. The van der Waals surface area contributed by atoms with Crippen LogP contribution in [0.3, 0.4) is 0 Å². The Morgan fingerprint density at radius 3 is 2.79 bits per heavy atom. The number of thiophene rings is 1. The second kappa shape index (κ2) is 4.89. The highest BCUT2D eigenvalue weighted by Gasteiger charge is 2.12. The van der Waals surface area contributed by atoms with Crippen molar-refractivity contribution in [3.63, 3.8) is 0 Å². The smallest absolute Gasteiger partial charge is 0.103 e. The summed E-state index contributed by atoms with van der Waals surface area (Å²) in [7, 11) is 0. The summed E-state index contributed by atoms with van der Waals surface area (Å²) in [6.45, 7) is 6.28. The van der Waals surface area contributed by atoms with Crippen LogP contribution in [0.2, 0.25) is 0 Å². The monoisotopic (exact) mass is 215 g/mol. The number of hydrogen-bond donors (Lipinski definition) is 2. The Bertz CT molecular complexity index is 254. The summed E-state index contributed by atoms with van der Waals surface area (Å²) in [5, 5.41) is 11.6. The van der Waals surface area contributed by atoms with Crippen molar-refractivity contribution in [3.8, 4) is 0 Å². The fourth-order valence-electron chi connectivity index (χ4n) is 0.919. The Morgan fingerprint density at radius 1 is 1.57 bits per heavy atom. The van der Waals surface area contributed by atoms with E-state index in [2.05, 4.69) is 5.48 Å². The Labute approximate surface area is 88.7 Å². The number of aliphatic hydroxyl groups excluding tert-OH is 1. The first-order valence-corrected chi connectivity index (χ1v) is 5.49. The fraction of sp³-hybridized carbons (Fsp3) is 0.600. The molecule has 0 bridgehead atoms. The van der Waals surface area contributed by atoms with E-state index in [4.69, 9.17) is 4.84 Å². The van der Waals surface area contributed by atoms with E-state index >= 15 is 0 Å². The third-order valence-electron chi connectivity index (χ3n) is 1.53. The molecular weight excluding hydrogens is 198 g/mol. The van der Waals surface area contributed by atoms with Crippen molar-refractivity contribution in [3.05, 3.63) is 22.4 Å². The maximum atomic E-state index is 9.67. The van der Waals surface area contributed by atoms with Gasteiger partial charge in [0.15, 0.2) is 0 Å². The molecule has 4 heteroatoms. The highest BCUT2D eigenvalue weighted by Crippen LogP contribution is 2.17. The number of aliphatic hydroxyl groups is 1. The SMILES string of the molecule is CC(C)(C)ONCC(O)c1cccs1. The summed E-state index contributed by atoms with van der Waals surface area (Å²) in [6, 6.07) is 3.84. The van der Waals surface area contributed by atoms with Crippen LogP contribution in [0.15, 0.2) is 17.5 Å². The summed E-state index contributed by atoms with van der Waals surface area (Å²) < 4.78 is 0. The summed E-state index contributed by atoms with van der Waals surface area (Å²) in [4.78, 5) is 6.25. The van der Waals surface area contributed by atoms with Gasteiger partial charge in [-0.15, -0.1) is 11.3 Å². The van der Waals surface area contributed by atoms with Crippen LogP contribution < -0.4 is 5.48 Å². The number of hydrogen-bond acceptors (Lipinski definition) is 4. The van der Waals surface area contributed by atoms with Gasteiger partial charge in [0.2, 0.25) is 0 Å².